The number of hydrogen-bond donors (Lipinski definition) is 0. The Morgan fingerprint density at radius 2 is 1.17 bits per heavy atom. The Bertz CT molecular complexity index is 26.5. The lowest BCUT2D eigenvalue weighted by atomic mass is 10.6. The maximum Gasteiger partial charge on any atom is -0.0125 e. The molecule has 0 aliphatic carbocycles. The molecule has 0 N–H and O–H groups in total. The molecule has 2 heteroatoms. The summed E-state index contributed by atoms with van der Waals surface area (Å²) in [7, 11) is 2.89. The van der Waals surface area contributed by atoms with E-state index < -0.39 is 0 Å². The lowest BCUT2D eigenvalue weighted by Gasteiger charge is -1.44. The first-order chi connectivity index (χ1) is 2.91. The average Bonchev–Trinajstić information content (AvgIpc) is 1.72. The topological polar surface area (TPSA) is 0 Å². The largest absolute Gasteiger partial charge is 0.0991 e. The van der Waals surface area contributed by atoms with Crippen molar-refractivity contribution in [2.24, 2.45) is 0 Å². The van der Waals surface area contributed by atoms with Gasteiger partial charge >= 0.3 is 0 Å². The molecule has 0 saturated heterocycles. The molecule has 0 nitrogen and oxygen atoms in total. The highest BCUT2D eigenvalue weighted by molar-refractivity contribution is 6.75. The van der Waals surface area contributed by atoms with E-state index in [1.165, 1.54) is 19.5 Å². The fourth-order valence-electron chi connectivity index (χ4n) is 0. The van der Waals surface area contributed by atoms with Crippen molar-refractivity contribution in [2.75, 3.05) is 0 Å². The van der Waals surface area contributed by atoms with Gasteiger partial charge in [-0.15, -0.1) is 0 Å². The van der Waals surface area contributed by atoms with E-state index in [0.717, 1.165) is 0 Å². The second-order valence-electron chi connectivity index (χ2n) is 0.471. The molecule has 0 aromatic heterocycles. The molecule has 0 aromatic rings. The summed E-state index contributed by atoms with van der Waals surface area (Å²) < 4.78 is 0. The Morgan fingerprint density at radius 1 is 1.00 bits per heavy atom. The van der Waals surface area contributed by atoms with Crippen LogP contribution in [0.1, 0.15) is 0 Å². The molecule has 6 heavy (non-hydrogen) atoms. The van der Waals surface area contributed by atoms with Crippen molar-refractivity contribution in [3.05, 3.63) is 25.3 Å². The second kappa shape index (κ2) is 20.6. The first kappa shape index (κ1) is 9.32. The van der Waals surface area contributed by atoms with E-state index in [2.05, 4.69) is 13.2 Å². The first-order valence-corrected chi connectivity index (χ1v) is 10.1. The Morgan fingerprint density at radius 3 is 1.17 bits per heavy atom. The van der Waals surface area contributed by atoms with E-state index in [0.29, 0.717) is 0 Å². The molecule has 0 unspecified atom stereocenters. The average molecular weight is 116 g/mol. The maximum atomic E-state index is 3.36. The molecule has 36 valence electrons. The summed E-state index contributed by atoms with van der Waals surface area (Å²) in [4.78, 5) is 0. The van der Waals surface area contributed by atoms with Gasteiger partial charge in [0.05, 0.1) is 0 Å². The van der Waals surface area contributed by atoms with Crippen molar-refractivity contribution in [3.63, 3.8) is 0 Å². The minimum atomic E-state index is 1.44. The highest BCUT2D eigenvalue weighted by atomic mass is 29.1. The highest BCUT2D eigenvalue weighted by Crippen LogP contribution is 1.52. The lowest BCUT2D eigenvalue weighted by Crippen LogP contribution is -1.38. The van der Waals surface area contributed by atoms with Crippen molar-refractivity contribution >= 4 is 19.5 Å². The summed E-state index contributed by atoms with van der Waals surface area (Å²) in [5, 5.41) is 0. The third-order valence-corrected chi connectivity index (χ3v) is 0.167. The third kappa shape index (κ3) is 39.8. The van der Waals surface area contributed by atoms with Crippen LogP contribution in [0, 0.1) is 0 Å². The SMILES string of the molecule is C=CC=C.[SiH3][SiH3]. The van der Waals surface area contributed by atoms with Crippen molar-refractivity contribution in [1.29, 1.82) is 0 Å². The molecule has 0 bridgehead atoms. The van der Waals surface area contributed by atoms with E-state index >= 15 is 0 Å². The fraction of sp³-hybridized carbons (Fsp3) is 0. The van der Waals surface area contributed by atoms with Gasteiger partial charge in [0.2, 0.25) is 0 Å². The van der Waals surface area contributed by atoms with Gasteiger partial charge in [-0.3, -0.25) is 0 Å². The molecule has 0 fully saturated rings. The molecule has 0 aromatic carbocycles. The molecule has 0 saturated carbocycles. The van der Waals surface area contributed by atoms with Gasteiger partial charge in [0.15, 0.2) is 0 Å². The van der Waals surface area contributed by atoms with Gasteiger partial charge in [-0.2, -0.15) is 0 Å². The number of hydrogen-bond acceptors (Lipinski definition) is 0. The van der Waals surface area contributed by atoms with Crippen molar-refractivity contribution in [3.8, 4) is 0 Å². The van der Waals surface area contributed by atoms with Crippen molar-refractivity contribution in [1.82, 2.24) is 0 Å². The summed E-state index contributed by atoms with van der Waals surface area (Å²) in [6.07, 6.45) is 3.28. The zero-order valence-corrected chi connectivity index (χ0v) is 8.57. The van der Waals surface area contributed by atoms with Crippen LogP contribution in [0.3, 0.4) is 0 Å². The molecule has 0 rings (SSSR count). The van der Waals surface area contributed by atoms with Gasteiger partial charge in [0, 0.05) is 0 Å². The summed E-state index contributed by atoms with van der Waals surface area (Å²) in [5.74, 6) is 0. The molecule has 0 aliphatic rings. The normalized spacial score (nSPS) is 5.33. The first-order valence-electron chi connectivity index (χ1n) is 2.15. The van der Waals surface area contributed by atoms with Crippen LogP contribution in [0.15, 0.2) is 25.3 Å². The third-order valence-electron chi connectivity index (χ3n) is 0.167. The zero-order valence-electron chi connectivity index (χ0n) is 4.57. The summed E-state index contributed by atoms with van der Waals surface area (Å²) in [6.45, 7) is 6.72. The summed E-state index contributed by atoms with van der Waals surface area (Å²) in [6, 6.07) is 0. The van der Waals surface area contributed by atoms with E-state index in [1.807, 2.05) is 0 Å². The molecule has 0 aliphatic heterocycles. The molecule has 0 spiro atoms. The van der Waals surface area contributed by atoms with Crippen LogP contribution in [0.4, 0.5) is 0 Å². The van der Waals surface area contributed by atoms with Gasteiger partial charge in [-0.1, -0.05) is 25.3 Å². The standard InChI is InChI=1S/C4H6.H6Si2/c1-3-4-2;1-2/h3-4H,1-2H2;1-2H3. The lowest BCUT2D eigenvalue weighted by molar-refractivity contribution is 2.15. The van der Waals surface area contributed by atoms with E-state index in [1.54, 1.807) is 12.2 Å². The molecule has 0 heterocycles. The second-order valence-corrected chi connectivity index (χ2v) is 0.471. The van der Waals surface area contributed by atoms with E-state index in [4.69, 9.17) is 0 Å². The predicted molar refractivity (Wildman–Crippen MR) is 40.3 cm³/mol. The molecular weight excluding hydrogens is 104 g/mol. The molecule has 0 radical (unpaired) electrons. The van der Waals surface area contributed by atoms with E-state index in [-0.39, 0.29) is 0 Å². The summed E-state index contributed by atoms with van der Waals surface area (Å²) >= 11 is 0. The van der Waals surface area contributed by atoms with E-state index in [9.17, 15) is 0 Å². The van der Waals surface area contributed by atoms with Crippen molar-refractivity contribution < 1.29 is 0 Å². The number of allylic oxidation sites excluding steroid dienone is 2. The minimum absolute atomic E-state index is 1.44. The smallest absolute Gasteiger partial charge is 0.0125 e. The van der Waals surface area contributed by atoms with Crippen LogP contribution in [-0.4, -0.2) is 19.5 Å². The number of rotatable bonds is 1. The fourth-order valence-corrected chi connectivity index (χ4v) is 0. The Balaban J connectivity index is 0. The molecule has 0 atom stereocenters. The Kier molecular flexibility index (Phi) is 31.9. The van der Waals surface area contributed by atoms with Crippen LogP contribution >= 0.6 is 0 Å². The highest BCUT2D eigenvalue weighted by Gasteiger charge is 1.29. The van der Waals surface area contributed by atoms with Crippen LogP contribution < -0.4 is 0 Å². The van der Waals surface area contributed by atoms with Gasteiger partial charge in [0.1, 0.15) is 0 Å². The maximum absolute atomic E-state index is 3.36. The molecule has 0 amide bonds. The molecular formula is C4H12Si2. The monoisotopic (exact) mass is 116 g/mol. The summed E-state index contributed by atoms with van der Waals surface area (Å²) in [5.41, 5.74) is 0. The van der Waals surface area contributed by atoms with Crippen LogP contribution in [-0.2, 0) is 0 Å². The van der Waals surface area contributed by atoms with Gasteiger partial charge in [0.25, 0.3) is 0 Å². The van der Waals surface area contributed by atoms with Crippen LogP contribution in [0.5, 0.6) is 0 Å². The van der Waals surface area contributed by atoms with Crippen LogP contribution in [0.25, 0.3) is 0 Å². The zero-order chi connectivity index (χ0) is 5.41. The van der Waals surface area contributed by atoms with Gasteiger partial charge in [-0.25, -0.2) is 0 Å². The minimum Gasteiger partial charge on any atom is -0.0991 e. The van der Waals surface area contributed by atoms with Crippen molar-refractivity contribution in [2.45, 2.75) is 0 Å². The van der Waals surface area contributed by atoms with Gasteiger partial charge in [-0.05, 0) is 19.5 Å². The predicted octanol–water partition coefficient (Wildman–Crippen LogP) is -1.01. The van der Waals surface area contributed by atoms with Crippen LogP contribution in [0.2, 0.25) is 0 Å². The Hall–Kier alpha value is -0.0862. The quantitative estimate of drug-likeness (QED) is 0.304. The Labute approximate surface area is 45.6 Å². The van der Waals surface area contributed by atoms with Gasteiger partial charge < -0.3 is 0 Å².